The van der Waals surface area contributed by atoms with Crippen LogP contribution >= 0.6 is 23.2 Å². The molecule has 0 amide bonds. The maximum Gasteiger partial charge on any atom is 0.412 e. The number of aldehydes is 1. The van der Waals surface area contributed by atoms with Crippen molar-refractivity contribution in [3.8, 4) is 0 Å². The van der Waals surface area contributed by atoms with Crippen molar-refractivity contribution < 1.29 is 18.0 Å². The molecule has 0 spiro atoms. The molecule has 0 saturated carbocycles. The average Bonchev–Trinajstić information content (AvgIpc) is 2.88. The maximum atomic E-state index is 13.1. The number of hydrogen-bond donors (Lipinski definition) is 0. The van der Waals surface area contributed by atoms with Gasteiger partial charge in [0.15, 0.2) is 6.29 Å². The molecule has 1 atom stereocenters. The van der Waals surface area contributed by atoms with Gasteiger partial charge in [-0.25, -0.2) is 4.99 Å². The van der Waals surface area contributed by atoms with Crippen LogP contribution in [0.1, 0.15) is 29.3 Å². The normalized spacial score (nSPS) is 20.1. The summed E-state index contributed by atoms with van der Waals surface area (Å²) in [4.78, 5) is 17.3. The highest BCUT2D eigenvalue weighted by Crippen LogP contribution is 2.40. The second-order valence-electron chi connectivity index (χ2n) is 6.32. The molecule has 3 rings (SSSR count). The molecule has 26 heavy (non-hydrogen) atoms. The molecule has 0 N–H and O–H groups in total. The lowest BCUT2D eigenvalue weighted by atomic mass is 9.92. The van der Waals surface area contributed by atoms with Gasteiger partial charge < -0.3 is 4.90 Å². The molecule has 8 heteroatoms. The Hall–Kier alpha value is -1.79. The topological polar surface area (TPSA) is 32.7 Å². The summed E-state index contributed by atoms with van der Waals surface area (Å²) in [5.74, 6) is 0.563. The largest absolute Gasteiger partial charge is 0.412 e. The molecule has 0 fully saturated rings. The minimum atomic E-state index is -4.36. The summed E-state index contributed by atoms with van der Waals surface area (Å²) < 4.78 is 39.4. The van der Waals surface area contributed by atoms with Crippen molar-refractivity contribution in [2.75, 3.05) is 7.05 Å². The molecule has 0 saturated heterocycles. The zero-order valence-corrected chi connectivity index (χ0v) is 15.5. The zero-order chi connectivity index (χ0) is 19.2. The molecule has 0 aromatic heterocycles. The highest BCUT2D eigenvalue weighted by atomic mass is 35.5. The van der Waals surface area contributed by atoms with Crippen LogP contribution < -0.4 is 0 Å². The van der Waals surface area contributed by atoms with Gasteiger partial charge in [0.05, 0.1) is 16.8 Å². The fourth-order valence-corrected chi connectivity index (χ4v) is 3.78. The van der Waals surface area contributed by atoms with Gasteiger partial charge >= 0.3 is 6.18 Å². The second kappa shape index (κ2) is 6.74. The van der Waals surface area contributed by atoms with Crippen LogP contribution in [0.15, 0.2) is 40.0 Å². The molecule has 1 aliphatic carbocycles. The third kappa shape index (κ3) is 3.28. The quantitative estimate of drug-likeness (QED) is 0.648. The van der Waals surface area contributed by atoms with E-state index in [1.807, 2.05) is 0 Å². The number of halogens is 5. The number of carbonyl (C=O) groups is 1. The van der Waals surface area contributed by atoms with E-state index in [0.717, 1.165) is 6.08 Å². The Bertz CT molecular complexity index is 872. The summed E-state index contributed by atoms with van der Waals surface area (Å²) in [6.45, 7) is 1.63. The molecule has 1 unspecified atom stereocenters. The number of benzene rings is 1. The molecule has 1 aliphatic heterocycles. The SMILES string of the molecule is CC1=C2N=C(Cc3c(Cl)ccc(C=O)c3Cl)N(C)C2CC(C(F)(F)F)=C1. The summed E-state index contributed by atoms with van der Waals surface area (Å²) in [6, 6.07) is 2.62. The van der Waals surface area contributed by atoms with E-state index in [-0.39, 0.29) is 17.9 Å². The average molecular weight is 403 g/mol. The van der Waals surface area contributed by atoms with E-state index in [0.29, 0.717) is 39.5 Å². The standard InChI is InChI=1S/C18H15Cl2F3N2O/c1-9-5-11(18(21,22)23)6-14-17(9)24-15(25(14)2)7-12-13(19)4-3-10(8-26)16(12)20/h3-5,8,14H,6-7H2,1-2H3. The Morgan fingerprint density at radius 3 is 2.65 bits per heavy atom. The van der Waals surface area contributed by atoms with Gasteiger partial charge in [-0.2, -0.15) is 13.2 Å². The van der Waals surface area contributed by atoms with Crippen LogP contribution in [0.25, 0.3) is 0 Å². The van der Waals surface area contributed by atoms with Crippen LogP contribution in [0, 0.1) is 0 Å². The summed E-state index contributed by atoms with van der Waals surface area (Å²) in [6.07, 6.45) is -2.51. The van der Waals surface area contributed by atoms with Crippen molar-refractivity contribution in [1.82, 2.24) is 4.90 Å². The number of allylic oxidation sites excluding steroid dienone is 2. The van der Waals surface area contributed by atoms with Gasteiger partial charge in [0.25, 0.3) is 0 Å². The van der Waals surface area contributed by atoms with Gasteiger partial charge in [-0.05, 0) is 36.3 Å². The van der Waals surface area contributed by atoms with Gasteiger partial charge in [-0.1, -0.05) is 23.2 Å². The van der Waals surface area contributed by atoms with Gasteiger partial charge in [0, 0.05) is 36.0 Å². The van der Waals surface area contributed by atoms with Crippen LogP contribution in [0.4, 0.5) is 13.2 Å². The predicted molar refractivity (Wildman–Crippen MR) is 96.0 cm³/mol. The third-order valence-corrected chi connectivity index (χ3v) is 5.49. The fraction of sp³-hybridized carbons (Fsp3) is 0.333. The Balaban J connectivity index is 1.96. The smallest absolute Gasteiger partial charge is 0.354 e. The molecule has 1 aromatic rings. The van der Waals surface area contributed by atoms with Crippen molar-refractivity contribution in [2.45, 2.75) is 32.0 Å². The Morgan fingerprint density at radius 2 is 2.04 bits per heavy atom. The number of aliphatic imine (C=N–C) groups is 1. The summed E-state index contributed by atoms with van der Waals surface area (Å²) in [5.41, 5.74) is 1.39. The molecule has 138 valence electrons. The minimum absolute atomic E-state index is 0.157. The monoisotopic (exact) mass is 402 g/mol. The van der Waals surface area contributed by atoms with Crippen LogP contribution in [-0.4, -0.2) is 36.3 Å². The third-order valence-electron chi connectivity index (χ3n) is 4.69. The zero-order valence-electron chi connectivity index (χ0n) is 14.0. The molecule has 2 aliphatic rings. The van der Waals surface area contributed by atoms with E-state index < -0.39 is 17.8 Å². The number of amidine groups is 1. The molecule has 3 nitrogen and oxygen atoms in total. The number of nitrogens with zero attached hydrogens (tertiary/aromatic N) is 2. The number of likely N-dealkylation sites (N-methyl/N-ethyl adjacent to an activating group) is 1. The molecule has 0 bridgehead atoms. The van der Waals surface area contributed by atoms with Crippen LogP contribution in [0.2, 0.25) is 10.0 Å². The minimum Gasteiger partial charge on any atom is -0.354 e. The first-order valence-electron chi connectivity index (χ1n) is 7.84. The van der Waals surface area contributed by atoms with Crippen molar-refractivity contribution in [3.63, 3.8) is 0 Å². The molecule has 0 radical (unpaired) electrons. The summed E-state index contributed by atoms with van der Waals surface area (Å²) >= 11 is 12.4. The first-order valence-corrected chi connectivity index (χ1v) is 8.60. The second-order valence-corrected chi connectivity index (χ2v) is 7.10. The molecular weight excluding hydrogens is 388 g/mol. The number of rotatable bonds is 3. The van der Waals surface area contributed by atoms with E-state index in [9.17, 15) is 18.0 Å². The number of fused-ring (bicyclic) bond motifs is 1. The molecular formula is C18H15Cl2F3N2O. The van der Waals surface area contributed by atoms with E-state index in [1.165, 1.54) is 6.07 Å². The number of hydrogen-bond acceptors (Lipinski definition) is 3. The highest BCUT2D eigenvalue weighted by molar-refractivity contribution is 6.37. The van der Waals surface area contributed by atoms with Crippen LogP contribution in [0.3, 0.4) is 0 Å². The van der Waals surface area contributed by atoms with Crippen LogP contribution in [0.5, 0.6) is 0 Å². The lowest BCUT2D eigenvalue weighted by molar-refractivity contribution is -0.0952. The number of alkyl halides is 3. The van der Waals surface area contributed by atoms with Crippen molar-refractivity contribution >= 4 is 35.3 Å². The first-order chi connectivity index (χ1) is 12.1. The molecule has 1 aromatic carbocycles. The van der Waals surface area contributed by atoms with Gasteiger partial charge in [-0.15, -0.1) is 0 Å². The van der Waals surface area contributed by atoms with E-state index in [4.69, 9.17) is 23.2 Å². The fourth-order valence-electron chi connectivity index (χ4n) is 3.23. The summed E-state index contributed by atoms with van der Waals surface area (Å²) in [5, 5.41) is 0.615. The van der Waals surface area contributed by atoms with E-state index in [1.54, 1.807) is 24.9 Å². The number of carbonyl (C=O) groups excluding carboxylic acids is 1. The first kappa shape index (κ1) is 19.0. The van der Waals surface area contributed by atoms with Crippen molar-refractivity contribution in [3.05, 3.63) is 56.2 Å². The van der Waals surface area contributed by atoms with Gasteiger partial charge in [-0.3, -0.25) is 4.79 Å². The van der Waals surface area contributed by atoms with E-state index in [2.05, 4.69) is 4.99 Å². The maximum absolute atomic E-state index is 13.1. The van der Waals surface area contributed by atoms with Gasteiger partial charge in [0.1, 0.15) is 5.84 Å². The van der Waals surface area contributed by atoms with Crippen molar-refractivity contribution in [1.29, 1.82) is 0 Å². The Kier molecular flexibility index (Phi) is 4.92. The summed E-state index contributed by atoms with van der Waals surface area (Å²) in [7, 11) is 1.70. The lowest BCUT2D eigenvalue weighted by Crippen LogP contribution is -2.36. The highest BCUT2D eigenvalue weighted by Gasteiger charge is 2.42. The van der Waals surface area contributed by atoms with Crippen molar-refractivity contribution in [2.24, 2.45) is 4.99 Å². The Labute approximate surface area is 158 Å². The predicted octanol–water partition coefficient (Wildman–Crippen LogP) is 5.23. The van der Waals surface area contributed by atoms with Gasteiger partial charge in [0.2, 0.25) is 0 Å². The lowest BCUT2D eigenvalue weighted by Gasteiger charge is -2.29. The van der Waals surface area contributed by atoms with Crippen LogP contribution in [-0.2, 0) is 6.42 Å². The Morgan fingerprint density at radius 1 is 1.35 bits per heavy atom. The molecule has 1 heterocycles. The van der Waals surface area contributed by atoms with E-state index >= 15 is 0 Å².